The third kappa shape index (κ3) is 4.74. The maximum atomic E-state index is 12.4. The number of benzene rings is 1. The van der Waals surface area contributed by atoms with E-state index in [1.54, 1.807) is 4.68 Å². The SMILES string of the molecule is Cc1nn(C)c(C)c1NC(=O)CN1CCC(C(=O)Nc2ccccc2)CC1. The van der Waals surface area contributed by atoms with Crippen LogP contribution in [-0.2, 0) is 16.6 Å². The molecule has 3 rings (SSSR count). The van der Waals surface area contributed by atoms with Crippen molar-refractivity contribution in [2.24, 2.45) is 13.0 Å². The van der Waals surface area contributed by atoms with E-state index in [1.165, 1.54) is 0 Å². The number of carbonyl (C=O) groups excluding carboxylic acids is 2. The summed E-state index contributed by atoms with van der Waals surface area (Å²) in [5.41, 5.74) is 3.38. The largest absolute Gasteiger partial charge is 0.326 e. The highest BCUT2D eigenvalue weighted by atomic mass is 16.2. The fraction of sp³-hybridized carbons (Fsp3) is 0.450. The van der Waals surface area contributed by atoms with Crippen LogP contribution in [0.1, 0.15) is 24.2 Å². The van der Waals surface area contributed by atoms with Crippen molar-refractivity contribution >= 4 is 23.2 Å². The van der Waals surface area contributed by atoms with Crippen molar-refractivity contribution in [3.05, 3.63) is 41.7 Å². The molecule has 1 aromatic carbocycles. The van der Waals surface area contributed by atoms with Gasteiger partial charge < -0.3 is 10.6 Å². The molecule has 2 N–H and O–H groups in total. The molecule has 7 nitrogen and oxygen atoms in total. The second-order valence-corrected chi connectivity index (χ2v) is 7.12. The van der Waals surface area contributed by atoms with Crippen LogP contribution in [0.4, 0.5) is 11.4 Å². The van der Waals surface area contributed by atoms with Gasteiger partial charge in [-0.3, -0.25) is 19.2 Å². The smallest absolute Gasteiger partial charge is 0.238 e. The minimum atomic E-state index is -0.0404. The van der Waals surface area contributed by atoms with Gasteiger partial charge in [-0.25, -0.2) is 0 Å². The van der Waals surface area contributed by atoms with Gasteiger partial charge >= 0.3 is 0 Å². The van der Waals surface area contributed by atoms with Gasteiger partial charge in [0, 0.05) is 18.7 Å². The molecule has 1 aromatic heterocycles. The summed E-state index contributed by atoms with van der Waals surface area (Å²) in [5.74, 6) is 0.0145. The molecule has 0 spiro atoms. The summed E-state index contributed by atoms with van der Waals surface area (Å²) in [6, 6.07) is 9.51. The van der Waals surface area contributed by atoms with Gasteiger partial charge in [-0.2, -0.15) is 5.10 Å². The van der Waals surface area contributed by atoms with Crippen molar-refractivity contribution in [2.45, 2.75) is 26.7 Å². The van der Waals surface area contributed by atoms with Gasteiger partial charge in [0.15, 0.2) is 0 Å². The average molecular weight is 369 g/mol. The highest BCUT2D eigenvalue weighted by Gasteiger charge is 2.26. The molecular weight excluding hydrogens is 342 g/mol. The van der Waals surface area contributed by atoms with Crippen LogP contribution >= 0.6 is 0 Å². The number of aromatic nitrogens is 2. The van der Waals surface area contributed by atoms with Crippen LogP contribution in [0.25, 0.3) is 0 Å². The van der Waals surface area contributed by atoms with E-state index in [0.29, 0.717) is 6.54 Å². The summed E-state index contributed by atoms with van der Waals surface area (Å²) in [6.45, 7) is 5.64. The first-order valence-corrected chi connectivity index (χ1v) is 9.32. The molecule has 2 amide bonds. The second kappa shape index (κ2) is 8.35. The molecule has 1 aliphatic heterocycles. The lowest BCUT2D eigenvalue weighted by molar-refractivity contribution is -0.121. The van der Waals surface area contributed by atoms with Crippen LogP contribution < -0.4 is 10.6 Å². The van der Waals surface area contributed by atoms with Gasteiger partial charge in [0.2, 0.25) is 11.8 Å². The minimum Gasteiger partial charge on any atom is -0.326 e. The fourth-order valence-electron chi connectivity index (χ4n) is 3.46. The Hall–Kier alpha value is -2.67. The standard InChI is InChI=1S/C20H27N5O2/c1-14-19(15(2)24(3)23-14)22-18(26)13-25-11-9-16(10-12-25)20(27)21-17-7-5-4-6-8-17/h4-8,16H,9-13H2,1-3H3,(H,21,27)(H,22,26). The van der Waals surface area contributed by atoms with Gasteiger partial charge in [0.05, 0.1) is 23.6 Å². The lowest BCUT2D eigenvalue weighted by Gasteiger charge is -2.30. The number of piperidine rings is 1. The number of rotatable bonds is 5. The quantitative estimate of drug-likeness (QED) is 0.848. The van der Waals surface area contributed by atoms with E-state index in [-0.39, 0.29) is 17.7 Å². The molecule has 144 valence electrons. The highest BCUT2D eigenvalue weighted by Crippen LogP contribution is 2.21. The lowest BCUT2D eigenvalue weighted by atomic mass is 9.96. The van der Waals surface area contributed by atoms with Gasteiger partial charge in [-0.05, 0) is 51.9 Å². The van der Waals surface area contributed by atoms with Crippen molar-refractivity contribution < 1.29 is 9.59 Å². The molecule has 0 bridgehead atoms. The summed E-state index contributed by atoms with van der Waals surface area (Å²) in [7, 11) is 1.86. The number of aryl methyl sites for hydroxylation is 2. The van der Waals surface area contributed by atoms with Crippen molar-refractivity contribution in [3.8, 4) is 0 Å². The fourth-order valence-corrected chi connectivity index (χ4v) is 3.46. The van der Waals surface area contributed by atoms with E-state index < -0.39 is 0 Å². The molecule has 0 saturated carbocycles. The lowest BCUT2D eigenvalue weighted by Crippen LogP contribution is -2.41. The van der Waals surface area contributed by atoms with Crippen molar-refractivity contribution in [1.29, 1.82) is 0 Å². The van der Waals surface area contributed by atoms with E-state index >= 15 is 0 Å². The molecule has 0 aliphatic carbocycles. The number of amides is 2. The van der Waals surface area contributed by atoms with Gasteiger partial charge in [0.1, 0.15) is 0 Å². The van der Waals surface area contributed by atoms with E-state index in [0.717, 1.165) is 48.7 Å². The number of anilines is 2. The van der Waals surface area contributed by atoms with Gasteiger partial charge in [-0.15, -0.1) is 0 Å². The van der Waals surface area contributed by atoms with Crippen LogP contribution in [0.2, 0.25) is 0 Å². The Morgan fingerprint density at radius 2 is 1.78 bits per heavy atom. The van der Waals surface area contributed by atoms with E-state index in [9.17, 15) is 9.59 Å². The number of carbonyl (C=O) groups is 2. The molecule has 1 saturated heterocycles. The number of hydrogen-bond donors (Lipinski definition) is 2. The summed E-state index contributed by atoms with van der Waals surface area (Å²) >= 11 is 0. The van der Waals surface area contributed by atoms with E-state index in [4.69, 9.17) is 0 Å². The predicted molar refractivity (Wildman–Crippen MR) is 106 cm³/mol. The molecule has 2 heterocycles. The van der Waals surface area contributed by atoms with Crippen LogP contribution in [0.15, 0.2) is 30.3 Å². The Balaban J connectivity index is 1.46. The summed E-state index contributed by atoms with van der Waals surface area (Å²) in [6.07, 6.45) is 1.52. The predicted octanol–water partition coefficient (Wildman–Crippen LogP) is 2.33. The van der Waals surface area contributed by atoms with Crippen LogP contribution in [-0.4, -0.2) is 46.1 Å². The third-order valence-corrected chi connectivity index (χ3v) is 5.14. The van der Waals surface area contributed by atoms with E-state index in [1.807, 2.05) is 51.2 Å². The summed E-state index contributed by atoms with van der Waals surface area (Å²) in [5, 5.41) is 10.3. The topological polar surface area (TPSA) is 79.3 Å². The Kier molecular flexibility index (Phi) is 5.91. The van der Waals surface area contributed by atoms with Gasteiger partial charge in [-0.1, -0.05) is 18.2 Å². The molecule has 7 heteroatoms. The first-order valence-electron chi connectivity index (χ1n) is 9.32. The molecule has 0 unspecified atom stereocenters. The monoisotopic (exact) mass is 369 g/mol. The van der Waals surface area contributed by atoms with Gasteiger partial charge in [0.25, 0.3) is 0 Å². The first-order chi connectivity index (χ1) is 12.9. The molecular formula is C20H27N5O2. The first kappa shape index (κ1) is 19.1. The van der Waals surface area contributed by atoms with Crippen LogP contribution in [0, 0.1) is 19.8 Å². The molecule has 0 radical (unpaired) electrons. The molecule has 1 fully saturated rings. The zero-order valence-corrected chi connectivity index (χ0v) is 16.2. The number of para-hydroxylation sites is 1. The summed E-state index contributed by atoms with van der Waals surface area (Å²) < 4.78 is 1.77. The summed E-state index contributed by atoms with van der Waals surface area (Å²) in [4.78, 5) is 26.9. The Morgan fingerprint density at radius 1 is 1.11 bits per heavy atom. The maximum Gasteiger partial charge on any atom is 0.238 e. The molecule has 1 aliphatic rings. The zero-order chi connectivity index (χ0) is 19.4. The van der Waals surface area contributed by atoms with Crippen LogP contribution in [0.3, 0.4) is 0 Å². The second-order valence-electron chi connectivity index (χ2n) is 7.12. The minimum absolute atomic E-state index is 0.00710. The zero-order valence-electron chi connectivity index (χ0n) is 16.2. The van der Waals surface area contributed by atoms with Crippen molar-refractivity contribution in [1.82, 2.24) is 14.7 Å². The Labute approximate surface area is 159 Å². The molecule has 27 heavy (non-hydrogen) atoms. The number of hydrogen-bond acceptors (Lipinski definition) is 4. The van der Waals surface area contributed by atoms with E-state index in [2.05, 4.69) is 20.6 Å². The third-order valence-electron chi connectivity index (χ3n) is 5.14. The number of nitrogens with one attached hydrogen (secondary N) is 2. The maximum absolute atomic E-state index is 12.4. The number of likely N-dealkylation sites (tertiary alicyclic amines) is 1. The molecule has 2 aromatic rings. The normalized spacial score (nSPS) is 15.5. The Bertz CT molecular complexity index is 807. The van der Waals surface area contributed by atoms with Crippen molar-refractivity contribution in [3.63, 3.8) is 0 Å². The Morgan fingerprint density at radius 3 is 2.37 bits per heavy atom. The number of nitrogens with zero attached hydrogens (tertiary/aromatic N) is 3. The average Bonchev–Trinajstić information content (AvgIpc) is 2.89. The molecule has 0 atom stereocenters. The van der Waals surface area contributed by atoms with Crippen LogP contribution in [0.5, 0.6) is 0 Å². The highest BCUT2D eigenvalue weighted by molar-refractivity contribution is 5.94. The van der Waals surface area contributed by atoms with Crippen molar-refractivity contribution in [2.75, 3.05) is 30.3 Å².